The smallest absolute Gasteiger partial charge is 0.233 e. The number of hydrogen-bond acceptors (Lipinski definition) is 3. The van der Waals surface area contributed by atoms with Gasteiger partial charge in [-0.05, 0) is 33.3 Å². The van der Waals surface area contributed by atoms with Crippen molar-refractivity contribution < 1.29 is 4.74 Å². The van der Waals surface area contributed by atoms with Gasteiger partial charge in [-0.15, -0.1) is 0 Å². The number of methoxy groups -OCH3 is 1. The first-order chi connectivity index (χ1) is 5.79. The van der Waals surface area contributed by atoms with Crippen molar-refractivity contribution in [3.05, 3.63) is 15.6 Å². The Hall–Kier alpha value is -0.350. The lowest BCUT2D eigenvalue weighted by Gasteiger charge is -2.01. The van der Waals surface area contributed by atoms with Crippen LogP contribution >= 0.6 is 38.5 Å². The second-order valence-electron chi connectivity index (χ2n) is 1.77. The first-order valence-corrected chi connectivity index (χ1v) is 4.83. The van der Waals surface area contributed by atoms with Gasteiger partial charge in [0.2, 0.25) is 5.88 Å². The lowest BCUT2D eigenvalue weighted by Crippen LogP contribution is -1.96. The zero-order valence-corrected chi connectivity index (χ0v) is 9.88. The molecule has 0 amide bonds. The summed E-state index contributed by atoms with van der Waals surface area (Å²) in [7, 11) is 1.55. The molecule has 3 nitrogen and oxygen atoms in total. The van der Waals surface area contributed by atoms with Gasteiger partial charge >= 0.3 is 0 Å². The summed E-state index contributed by atoms with van der Waals surface area (Å²) in [6.45, 7) is 0. The van der Waals surface area contributed by atoms with Crippen molar-refractivity contribution in [2.24, 2.45) is 0 Å². The van der Waals surface area contributed by atoms with E-state index < -0.39 is 0 Å². The van der Waals surface area contributed by atoms with Crippen LogP contribution in [0, 0.1) is 14.5 Å². The molecule has 0 aromatic carbocycles. The molecule has 0 radical (unpaired) electrons. The number of rotatable bonds is 1. The zero-order chi connectivity index (χ0) is 8.97. The molecule has 1 aromatic heterocycles. The second-order valence-corrected chi connectivity index (χ2v) is 3.19. The SMILES string of the molecule is COc1ncnc(I)c1C#CBr. The Morgan fingerprint density at radius 1 is 1.58 bits per heavy atom. The Labute approximate surface area is 92.2 Å². The molecule has 12 heavy (non-hydrogen) atoms. The van der Waals surface area contributed by atoms with E-state index in [-0.39, 0.29) is 0 Å². The fourth-order valence-electron chi connectivity index (χ4n) is 0.656. The third-order valence-electron chi connectivity index (χ3n) is 1.13. The minimum atomic E-state index is 0.501. The predicted molar refractivity (Wildman–Crippen MR) is 57.1 cm³/mol. The van der Waals surface area contributed by atoms with Crippen LogP contribution in [0.3, 0.4) is 0 Å². The van der Waals surface area contributed by atoms with Crippen LogP contribution in [0.15, 0.2) is 6.33 Å². The summed E-state index contributed by atoms with van der Waals surface area (Å²) in [5.74, 6) is 3.31. The first-order valence-electron chi connectivity index (χ1n) is 2.95. The molecule has 1 rings (SSSR count). The molecule has 0 atom stereocenters. The van der Waals surface area contributed by atoms with E-state index in [2.05, 4.69) is 59.2 Å². The molecule has 1 heterocycles. The summed E-state index contributed by atoms with van der Waals surface area (Å²) in [4.78, 5) is 10.5. The Morgan fingerprint density at radius 2 is 2.33 bits per heavy atom. The zero-order valence-electron chi connectivity index (χ0n) is 6.14. The van der Waals surface area contributed by atoms with Crippen molar-refractivity contribution in [3.8, 4) is 16.6 Å². The molecule has 0 saturated heterocycles. The monoisotopic (exact) mass is 338 g/mol. The van der Waals surface area contributed by atoms with E-state index in [1.165, 1.54) is 6.33 Å². The first kappa shape index (κ1) is 9.74. The topological polar surface area (TPSA) is 35.0 Å². The van der Waals surface area contributed by atoms with Gasteiger partial charge in [-0.1, -0.05) is 0 Å². The summed E-state index contributed by atoms with van der Waals surface area (Å²) >= 11 is 5.09. The maximum Gasteiger partial charge on any atom is 0.233 e. The molecule has 5 heteroatoms. The van der Waals surface area contributed by atoms with E-state index in [4.69, 9.17) is 4.74 Å². The molecule has 62 valence electrons. The largest absolute Gasteiger partial charge is 0.480 e. The van der Waals surface area contributed by atoms with Crippen molar-refractivity contribution >= 4 is 38.5 Å². The van der Waals surface area contributed by atoms with Crippen molar-refractivity contribution in [1.29, 1.82) is 0 Å². The summed E-state index contributed by atoms with van der Waals surface area (Å²) in [6.07, 6.45) is 1.44. The van der Waals surface area contributed by atoms with Crippen LogP contribution < -0.4 is 4.74 Å². The van der Waals surface area contributed by atoms with Gasteiger partial charge in [-0.25, -0.2) is 9.97 Å². The summed E-state index contributed by atoms with van der Waals surface area (Å²) in [6, 6.07) is 0. The third-order valence-corrected chi connectivity index (χ3v) is 2.15. The second kappa shape index (κ2) is 4.62. The van der Waals surface area contributed by atoms with E-state index in [1.807, 2.05) is 0 Å². The summed E-state index contributed by atoms with van der Waals surface area (Å²) in [5.41, 5.74) is 0.706. The molecule has 0 N–H and O–H groups in total. The van der Waals surface area contributed by atoms with Crippen molar-refractivity contribution in [3.63, 3.8) is 0 Å². The lowest BCUT2D eigenvalue weighted by atomic mass is 10.3. The van der Waals surface area contributed by atoms with Gasteiger partial charge in [0.05, 0.1) is 7.11 Å². The highest BCUT2D eigenvalue weighted by Gasteiger charge is 2.05. The highest BCUT2D eigenvalue weighted by atomic mass is 127. The van der Waals surface area contributed by atoms with E-state index in [0.717, 1.165) is 3.70 Å². The van der Waals surface area contributed by atoms with Crippen LogP contribution in [0.25, 0.3) is 0 Å². The molecular formula is C7H4BrIN2O. The molecule has 1 aromatic rings. The third kappa shape index (κ3) is 2.08. The summed E-state index contributed by atoms with van der Waals surface area (Å²) in [5, 5.41) is 0. The minimum absolute atomic E-state index is 0.501. The van der Waals surface area contributed by atoms with E-state index in [9.17, 15) is 0 Å². The van der Waals surface area contributed by atoms with Crippen molar-refractivity contribution in [2.75, 3.05) is 7.11 Å². The molecular weight excluding hydrogens is 335 g/mol. The van der Waals surface area contributed by atoms with Gasteiger partial charge in [0.25, 0.3) is 0 Å². The van der Waals surface area contributed by atoms with Crippen LogP contribution in [0.4, 0.5) is 0 Å². The van der Waals surface area contributed by atoms with Crippen LogP contribution in [0.1, 0.15) is 5.56 Å². The molecule has 0 bridgehead atoms. The standard InChI is InChI=1S/C7H4BrIN2O/c1-12-7-5(2-3-8)6(9)10-4-11-7/h4H,1H3. The molecule has 0 aliphatic rings. The molecule has 0 fully saturated rings. The number of nitrogens with zero attached hydrogens (tertiary/aromatic N) is 2. The van der Waals surface area contributed by atoms with Gasteiger partial charge in [-0.3, -0.25) is 0 Å². The van der Waals surface area contributed by atoms with Gasteiger partial charge in [-0.2, -0.15) is 0 Å². The number of halogens is 2. The Morgan fingerprint density at radius 3 is 2.92 bits per heavy atom. The van der Waals surface area contributed by atoms with Gasteiger partial charge in [0.1, 0.15) is 15.6 Å². The Balaban J connectivity index is 3.26. The number of aromatic nitrogens is 2. The quantitative estimate of drug-likeness (QED) is 0.445. The lowest BCUT2D eigenvalue weighted by molar-refractivity contribution is 0.395. The van der Waals surface area contributed by atoms with Crippen molar-refractivity contribution in [1.82, 2.24) is 9.97 Å². The Kier molecular flexibility index (Phi) is 3.75. The number of ether oxygens (including phenoxy) is 1. The van der Waals surface area contributed by atoms with E-state index in [1.54, 1.807) is 7.11 Å². The van der Waals surface area contributed by atoms with Crippen LogP contribution in [0.2, 0.25) is 0 Å². The predicted octanol–water partition coefficient (Wildman–Crippen LogP) is 1.79. The van der Waals surface area contributed by atoms with E-state index >= 15 is 0 Å². The fraction of sp³-hybridized carbons (Fsp3) is 0.143. The molecule has 0 aliphatic carbocycles. The molecule has 0 unspecified atom stereocenters. The molecule has 0 saturated carbocycles. The summed E-state index contributed by atoms with van der Waals surface area (Å²) < 4.78 is 5.78. The molecule has 0 spiro atoms. The highest BCUT2D eigenvalue weighted by Crippen LogP contribution is 2.17. The minimum Gasteiger partial charge on any atom is -0.480 e. The van der Waals surface area contributed by atoms with Crippen LogP contribution in [0.5, 0.6) is 5.88 Å². The van der Waals surface area contributed by atoms with Crippen LogP contribution in [-0.4, -0.2) is 17.1 Å². The average molecular weight is 339 g/mol. The average Bonchev–Trinajstić information content (AvgIpc) is 2.09. The molecule has 0 aliphatic heterocycles. The van der Waals surface area contributed by atoms with Crippen molar-refractivity contribution in [2.45, 2.75) is 0 Å². The maximum absolute atomic E-state index is 5.00. The maximum atomic E-state index is 5.00. The van der Waals surface area contributed by atoms with Gasteiger partial charge < -0.3 is 4.74 Å². The Bertz CT molecular complexity index is 345. The van der Waals surface area contributed by atoms with Gasteiger partial charge in [0, 0.05) is 15.9 Å². The normalized spacial score (nSPS) is 8.58. The number of hydrogen-bond donors (Lipinski definition) is 0. The van der Waals surface area contributed by atoms with Gasteiger partial charge in [0.15, 0.2) is 0 Å². The highest BCUT2D eigenvalue weighted by molar-refractivity contribution is 14.1. The van der Waals surface area contributed by atoms with E-state index in [0.29, 0.717) is 11.4 Å². The fourth-order valence-corrected chi connectivity index (χ4v) is 1.34. The van der Waals surface area contributed by atoms with Crippen LogP contribution in [-0.2, 0) is 0 Å².